The molecule has 1 amide bonds. The normalized spacial score (nSPS) is 26.0. The summed E-state index contributed by atoms with van der Waals surface area (Å²) in [6, 6.07) is 6.39. The zero-order valence-electron chi connectivity index (χ0n) is 11.9. The molecule has 1 N–H and O–H groups in total. The Morgan fingerprint density at radius 3 is 2.86 bits per heavy atom. The first kappa shape index (κ1) is 15.3. The molecular formula is C16H16ClFN2O2. The Kier molecular flexibility index (Phi) is 4.07. The Morgan fingerprint density at radius 2 is 2.27 bits per heavy atom. The number of hydrogen-bond acceptors (Lipinski definition) is 3. The number of nitriles is 1. The highest BCUT2D eigenvalue weighted by Gasteiger charge is 2.46. The van der Waals surface area contributed by atoms with Crippen molar-refractivity contribution in [3.05, 3.63) is 34.6 Å². The van der Waals surface area contributed by atoms with Gasteiger partial charge in [0.25, 0.3) is 0 Å². The summed E-state index contributed by atoms with van der Waals surface area (Å²) >= 11 is 5.69. The fraction of sp³-hybridized carbons (Fsp3) is 0.500. The first-order chi connectivity index (χ1) is 10.6. The van der Waals surface area contributed by atoms with Crippen molar-refractivity contribution >= 4 is 17.5 Å². The van der Waals surface area contributed by atoms with Gasteiger partial charge in [-0.25, -0.2) is 4.39 Å². The standard InChI is InChI=1S/C16H16ClFN2O2/c17-11-3-2-10(8-12(11)18)14-13(4-7-22-14)20-15(21)16(9-19)5-1-6-16/h2-3,8,13-14H,1,4-7H2,(H,20,21)/t13-,14+/m1/s1. The Labute approximate surface area is 133 Å². The molecule has 3 rings (SSSR count). The number of nitrogens with zero attached hydrogens (tertiary/aromatic N) is 1. The number of rotatable bonds is 3. The number of amides is 1. The molecule has 1 aromatic carbocycles. The fourth-order valence-electron chi connectivity index (χ4n) is 2.98. The lowest BCUT2D eigenvalue weighted by molar-refractivity contribution is -0.133. The van der Waals surface area contributed by atoms with E-state index in [1.165, 1.54) is 12.1 Å². The predicted octanol–water partition coefficient (Wildman–Crippen LogP) is 3.12. The van der Waals surface area contributed by atoms with Gasteiger partial charge in [-0.2, -0.15) is 5.26 Å². The lowest BCUT2D eigenvalue weighted by Gasteiger charge is -2.35. The van der Waals surface area contributed by atoms with Crippen molar-refractivity contribution in [1.29, 1.82) is 5.26 Å². The van der Waals surface area contributed by atoms with Crippen LogP contribution in [0.5, 0.6) is 0 Å². The van der Waals surface area contributed by atoms with E-state index < -0.39 is 17.3 Å². The van der Waals surface area contributed by atoms with Crippen LogP contribution in [-0.2, 0) is 9.53 Å². The second-order valence-electron chi connectivity index (χ2n) is 5.88. The summed E-state index contributed by atoms with van der Waals surface area (Å²) in [6.45, 7) is 0.486. The van der Waals surface area contributed by atoms with E-state index in [0.29, 0.717) is 31.4 Å². The lowest BCUT2D eigenvalue weighted by atomic mass is 9.69. The summed E-state index contributed by atoms with van der Waals surface area (Å²) in [6.07, 6.45) is 2.33. The molecular weight excluding hydrogens is 307 g/mol. The number of nitrogens with one attached hydrogen (secondary N) is 1. The van der Waals surface area contributed by atoms with Crippen LogP contribution in [-0.4, -0.2) is 18.6 Å². The Morgan fingerprint density at radius 1 is 1.50 bits per heavy atom. The number of ether oxygens (including phenoxy) is 1. The third kappa shape index (κ3) is 2.57. The Balaban J connectivity index is 1.75. The molecule has 1 aliphatic carbocycles. The highest BCUT2D eigenvalue weighted by Crippen LogP contribution is 2.41. The van der Waals surface area contributed by atoms with Gasteiger partial charge >= 0.3 is 0 Å². The lowest BCUT2D eigenvalue weighted by Crippen LogP contribution is -2.49. The van der Waals surface area contributed by atoms with Gasteiger partial charge in [-0.05, 0) is 43.4 Å². The van der Waals surface area contributed by atoms with Gasteiger partial charge in [0.2, 0.25) is 5.91 Å². The second kappa shape index (κ2) is 5.86. The second-order valence-corrected chi connectivity index (χ2v) is 6.29. The van der Waals surface area contributed by atoms with Crippen molar-refractivity contribution in [3.8, 4) is 6.07 Å². The number of carbonyl (C=O) groups is 1. The van der Waals surface area contributed by atoms with Gasteiger partial charge in [0, 0.05) is 6.61 Å². The zero-order valence-corrected chi connectivity index (χ0v) is 12.7. The number of hydrogen-bond donors (Lipinski definition) is 1. The van der Waals surface area contributed by atoms with Gasteiger partial charge in [-0.15, -0.1) is 0 Å². The van der Waals surface area contributed by atoms with E-state index in [1.807, 2.05) is 0 Å². The molecule has 4 nitrogen and oxygen atoms in total. The Bertz CT molecular complexity index is 640. The molecule has 0 aromatic heterocycles. The van der Waals surface area contributed by atoms with E-state index >= 15 is 0 Å². The minimum atomic E-state index is -0.890. The van der Waals surface area contributed by atoms with Gasteiger partial charge in [0.15, 0.2) is 0 Å². The summed E-state index contributed by atoms with van der Waals surface area (Å²) in [5, 5.41) is 12.2. The summed E-state index contributed by atoms with van der Waals surface area (Å²) in [5.74, 6) is -0.747. The van der Waals surface area contributed by atoms with Crippen LogP contribution in [0.1, 0.15) is 37.4 Å². The molecule has 1 aliphatic heterocycles. The quantitative estimate of drug-likeness (QED) is 0.930. The van der Waals surface area contributed by atoms with Crippen molar-refractivity contribution in [2.24, 2.45) is 5.41 Å². The summed E-state index contributed by atoms with van der Waals surface area (Å²) in [4.78, 5) is 12.3. The van der Waals surface area contributed by atoms with Crippen LogP contribution in [0.25, 0.3) is 0 Å². The van der Waals surface area contributed by atoms with Crippen LogP contribution in [0.3, 0.4) is 0 Å². The van der Waals surface area contributed by atoms with E-state index in [9.17, 15) is 14.4 Å². The predicted molar refractivity (Wildman–Crippen MR) is 78.5 cm³/mol. The van der Waals surface area contributed by atoms with Crippen LogP contribution in [0, 0.1) is 22.6 Å². The SMILES string of the molecule is N#CC1(C(=O)N[C@@H]2CCO[C@H]2c2ccc(Cl)c(F)c2)CCC1. The maximum Gasteiger partial charge on any atom is 0.240 e. The van der Waals surface area contributed by atoms with Crippen molar-refractivity contribution < 1.29 is 13.9 Å². The average molecular weight is 323 g/mol. The smallest absolute Gasteiger partial charge is 0.240 e. The molecule has 2 atom stereocenters. The highest BCUT2D eigenvalue weighted by atomic mass is 35.5. The molecule has 1 saturated heterocycles. The van der Waals surface area contributed by atoms with Crippen molar-refractivity contribution in [2.75, 3.05) is 6.61 Å². The summed E-state index contributed by atoms with van der Waals surface area (Å²) in [5.41, 5.74) is -0.248. The monoisotopic (exact) mass is 322 g/mol. The molecule has 6 heteroatoms. The van der Waals surface area contributed by atoms with Crippen molar-refractivity contribution in [3.63, 3.8) is 0 Å². The van der Waals surface area contributed by atoms with E-state index in [2.05, 4.69) is 11.4 Å². The van der Waals surface area contributed by atoms with Gasteiger partial charge < -0.3 is 10.1 Å². The molecule has 1 saturated carbocycles. The molecule has 0 spiro atoms. The van der Waals surface area contributed by atoms with Crippen LogP contribution in [0.4, 0.5) is 4.39 Å². The van der Waals surface area contributed by atoms with Gasteiger partial charge in [0.05, 0.1) is 17.1 Å². The Hall–Kier alpha value is -1.64. The van der Waals surface area contributed by atoms with Crippen molar-refractivity contribution in [2.45, 2.75) is 37.8 Å². The molecule has 22 heavy (non-hydrogen) atoms. The number of carbonyl (C=O) groups excluding carboxylic acids is 1. The average Bonchev–Trinajstić information content (AvgIpc) is 2.89. The summed E-state index contributed by atoms with van der Waals surface area (Å²) in [7, 11) is 0. The van der Waals surface area contributed by atoms with E-state index in [4.69, 9.17) is 16.3 Å². The van der Waals surface area contributed by atoms with Crippen LogP contribution in [0.15, 0.2) is 18.2 Å². The first-order valence-corrected chi connectivity index (χ1v) is 7.72. The number of benzene rings is 1. The van der Waals surface area contributed by atoms with Gasteiger partial charge in [-0.1, -0.05) is 17.7 Å². The van der Waals surface area contributed by atoms with E-state index in [1.54, 1.807) is 6.07 Å². The highest BCUT2D eigenvalue weighted by molar-refractivity contribution is 6.30. The van der Waals surface area contributed by atoms with Gasteiger partial charge in [0.1, 0.15) is 17.3 Å². The van der Waals surface area contributed by atoms with Crippen molar-refractivity contribution in [1.82, 2.24) is 5.32 Å². The molecule has 1 aromatic rings. The minimum absolute atomic E-state index is 0.0558. The van der Waals surface area contributed by atoms with Crippen LogP contribution >= 0.6 is 11.6 Å². The maximum absolute atomic E-state index is 13.6. The van der Waals surface area contributed by atoms with E-state index in [-0.39, 0.29) is 17.0 Å². The van der Waals surface area contributed by atoms with Gasteiger partial charge in [-0.3, -0.25) is 4.79 Å². The maximum atomic E-state index is 13.6. The molecule has 116 valence electrons. The number of halogens is 2. The van der Waals surface area contributed by atoms with Crippen LogP contribution in [0.2, 0.25) is 5.02 Å². The zero-order chi connectivity index (χ0) is 15.7. The third-order valence-corrected chi connectivity index (χ3v) is 4.84. The largest absolute Gasteiger partial charge is 0.371 e. The minimum Gasteiger partial charge on any atom is -0.371 e. The molecule has 2 aliphatic rings. The molecule has 0 unspecified atom stereocenters. The van der Waals surface area contributed by atoms with E-state index in [0.717, 1.165) is 6.42 Å². The van der Waals surface area contributed by atoms with Crippen LogP contribution < -0.4 is 5.32 Å². The molecule has 0 bridgehead atoms. The third-order valence-electron chi connectivity index (χ3n) is 4.54. The molecule has 2 fully saturated rings. The fourth-order valence-corrected chi connectivity index (χ4v) is 3.10. The summed E-state index contributed by atoms with van der Waals surface area (Å²) < 4.78 is 19.2. The molecule has 0 radical (unpaired) electrons. The topological polar surface area (TPSA) is 62.1 Å². The molecule has 1 heterocycles. The first-order valence-electron chi connectivity index (χ1n) is 7.34.